The van der Waals surface area contributed by atoms with Crippen molar-refractivity contribution in [1.29, 1.82) is 0 Å². The van der Waals surface area contributed by atoms with Crippen LogP contribution in [0.3, 0.4) is 0 Å². The Hall–Kier alpha value is -4.37. The Labute approximate surface area is 240 Å². The first-order valence-corrected chi connectivity index (χ1v) is 13.6. The fraction of sp³-hybridized carbons (Fsp3) is 0.344. The summed E-state index contributed by atoms with van der Waals surface area (Å²) in [6.45, 7) is 6.94. The van der Waals surface area contributed by atoms with Gasteiger partial charge in [0, 0.05) is 12.0 Å². The van der Waals surface area contributed by atoms with E-state index in [4.69, 9.17) is 19.9 Å². The number of carbonyl (C=O) groups is 3. The fourth-order valence-electron chi connectivity index (χ4n) is 4.60. The first-order valence-electron chi connectivity index (χ1n) is 13.6. The van der Waals surface area contributed by atoms with Crippen molar-refractivity contribution in [3.63, 3.8) is 0 Å². The molecule has 216 valence electrons. The molecule has 9 nitrogen and oxygen atoms in total. The zero-order chi connectivity index (χ0) is 29.6. The maximum Gasteiger partial charge on any atom is 0.408 e. The Kier molecular flexibility index (Phi) is 8.98. The SMILES string of the molecule is C[C@H](N)C(=O)Nc1ccccc1Oc1cccc2c1C[C@@](NC(=O)OC(C)(C)C)(C(=O)OCc1ccccc1)CC2. The summed E-state index contributed by atoms with van der Waals surface area (Å²) in [7, 11) is 0. The monoisotopic (exact) mass is 559 g/mol. The van der Waals surface area contributed by atoms with E-state index < -0.39 is 29.2 Å². The number of fused-ring (bicyclic) bond motifs is 1. The predicted molar refractivity (Wildman–Crippen MR) is 156 cm³/mol. The summed E-state index contributed by atoms with van der Waals surface area (Å²) in [4.78, 5) is 39.0. The lowest BCUT2D eigenvalue weighted by atomic mass is 9.77. The molecule has 2 amide bonds. The van der Waals surface area contributed by atoms with Crippen LogP contribution in [-0.4, -0.2) is 35.2 Å². The van der Waals surface area contributed by atoms with Crippen LogP contribution >= 0.6 is 0 Å². The molecule has 0 bridgehead atoms. The zero-order valence-corrected chi connectivity index (χ0v) is 23.9. The van der Waals surface area contributed by atoms with Crippen LogP contribution < -0.4 is 21.1 Å². The van der Waals surface area contributed by atoms with Gasteiger partial charge in [0.1, 0.15) is 23.5 Å². The summed E-state index contributed by atoms with van der Waals surface area (Å²) < 4.78 is 17.6. The largest absolute Gasteiger partial charge is 0.459 e. The molecule has 1 aliphatic rings. The second-order valence-electron chi connectivity index (χ2n) is 11.2. The lowest BCUT2D eigenvalue weighted by Crippen LogP contribution is -2.59. The molecular formula is C32H37N3O6. The molecular weight excluding hydrogens is 522 g/mol. The summed E-state index contributed by atoms with van der Waals surface area (Å²) in [6.07, 6.45) is 0.225. The Morgan fingerprint density at radius 2 is 1.63 bits per heavy atom. The van der Waals surface area contributed by atoms with Gasteiger partial charge in [-0.05, 0) is 69.9 Å². The van der Waals surface area contributed by atoms with Crippen LogP contribution in [0.5, 0.6) is 11.5 Å². The lowest BCUT2D eigenvalue weighted by Gasteiger charge is -2.37. The highest BCUT2D eigenvalue weighted by molar-refractivity contribution is 5.95. The Morgan fingerprint density at radius 1 is 0.951 bits per heavy atom. The lowest BCUT2D eigenvalue weighted by molar-refractivity contribution is -0.153. The van der Waals surface area contributed by atoms with Gasteiger partial charge >= 0.3 is 12.1 Å². The topological polar surface area (TPSA) is 129 Å². The van der Waals surface area contributed by atoms with Gasteiger partial charge in [0.2, 0.25) is 5.91 Å². The molecule has 4 N–H and O–H groups in total. The Morgan fingerprint density at radius 3 is 2.34 bits per heavy atom. The van der Waals surface area contributed by atoms with E-state index in [1.165, 1.54) is 0 Å². The van der Waals surface area contributed by atoms with Gasteiger partial charge in [-0.25, -0.2) is 9.59 Å². The second kappa shape index (κ2) is 12.4. The molecule has 0 radical (unpaired) electrons. The number of alkyl carbamates (subject to hydrolysis) is 1. The van der Waals surface area contributed by atoms with Crippen LogP contribution in [0.2, 0.25) is 0 Å². The third-order valence-corrected chi connectivity index (χ3v) is 6.65. The van der Waals surface area contributed by atoms with Crippen LogP contribution in [0, 0.1) is 0 Å². The number of aryl methyl sites for hydroxylation is 1. The average Bonchev–Trinajstić information content (AvgIpc) is 2.92. The van der Waals surface area contributed by atoms with Crippen molar-refractivity contribution >= 4 is 23.7 Å². The van der Waals surface area contributed by atoms with Gasteiger partial charge in [-0.1, -0.05) is 54.6 Å². The average molecular weight is 560 g/mol. The van der Waals surface area contributed by atoms with Crippen LogP contribution in [-0.2, 0) is 38.5 Å². The van der Waals surface area contributed by atoms with Crippen LogP contribution in [0.15, 0.2) is 72.8 Å². The zero-order valence-electron chi connectivity index (χ0n) is 23.9. The number of rotatable bonds is 8. The van der Waals surface area contributed by atoms with E-state index in [0.717, 1.165) is 16.7 Å². The quantitative estimate of drug-likeness (QED) is 0.321. The van der Waals surface area contributed by atoms with Gasteiger partial charge in [-0.15, -0.1) is 0 Å². The van der Waals surface area contributed by atoms with E-state index in [2.05, 4.69) is 10.6 Å². The van der Waals surface area contributed by atoms with Gasteiger partial charge in [0.25, 0.3) is 0 Å². The van der Waals surface area contributed by atoms with E-state index in [1.807, 2.05) is 42.5 Å². The standard InChI is InChI=1S/C32H37N3O6/c1-21(33)28(36)34-25-14-8-9-15-27(25)40-26-16-10-13-23-17-18-32(19-24(23)26,35-30(38)41-31(2,3)4)29(37)39-20-22-11-6-5-7-12-22/h5-16,21H,17-20,33H2,1-4H3,(H,34,36)(H,35,38)/t21-,32+/m0/s1. The normalized spacial score (nSPS) is 17.0. The molecule has 4 rings (SSSR count). The minimum absolute atomic E-state index is 0.0645. The van der Waals surface area contributed by atoms with E-state index in [0.29, 0.717) is 30.0 Å². The number of benzene rings is 3. The first-order chi connectivity index (χ1) is 19.5. The molecule has 1 aliphatic carbocycles. The van der Waals surface area contributed by atoms with Crippen LogP contribution in [0.4, 0.5) is 10.5 Å². The minimum atomic E-state index is -1.38. The van der Waals surface area contributed by atoms with Crippen molar-refractivity contribution in [2.24, 2.45) is 5.73 Å². The maximum absolute atomic E-state index is 13.7. The first kappa shape index (κ1) is 29.6. The van der Waals surface area contributed by atoms with E-state index >= 15 is 0 Å². The van der Waals surface area contributed by atoms with Crippen LogP contribution in [0.25, 0.3) is 0 Å². The minimum Gasteiger partial charge on any atom is -0.459 e. The van der Waals surface area contributed by atoms with Gasteiger partial charge in [-0.2, -0.15) is 0 Å². The number of ether oxygens (including phenoxy) is 3. The van der Waals surface area contributed by atoms with Crippen molar-refractivity contribution < 1.29 is 28.6 Å². The smallest absolute Gasteiger partial charge is 0.408 e. The molecule has 0 fully saturated rings. The van der Waals surface area contributed by atoms with Gasteiger partial charge in [0.05, 0.1) is 11.7 Å². The summed E-state index contributed by atoms with van der Waals surface area (Å²) in [5, 5.41) is 5.63. The number of nitrogens with two attached hydrogens (primary N) is 1. The number of hydrogen-bond acceptors (Lipinski definition) is 7. The summed E-state index contributed by atoms with van der Waals surface area (Å²) in [6, 6.07) is 21.3. The molecule has 2 atom stereocenters. The fourth-order valence-corrected chi connectivity index (χ4v) is 4.60. The third kappa shape index (κ3) is 7.64. The number of hydrogen-bond donors (Lipinski definition) is 3. The second-order valence-corrected chi connectivity index (χ2v) is 11.2. The number of nitrogens with one attached hydrogen (secondary N) is 2. The van der Waals surface area contributed by atoms with E-state index in [1.54, 1.807) is 58.0 Å². The highest BCUT2D eigenvalue weighted by Gasteiger charge is 2.46. The number of amides is 2. The number of anilines is 1. The maximum atomic E-state index is 13.7. The Bertz CT molecular complexity index is 1400. The molecule has 3 aromatic carbocycles. The molecule has 3 aromatic rings. The highest BCUT2D eigenvalue weighted by Crippen LogP contribution is 2.39. The van der Waals surface area contributed by atoms with Crippen molar-refractivity contribution in [2.45, 2.75) is 70.7 Å². The molecule has 0 unspecified atom stereocenters. The van der Waals surface area contributed by atoms with Gasteiger partial charge in [0.15, 0.2) is 5.75 Å². The van der Waals surface area contributed by atoms with Crippen molar-refractivity contribution in [3.8, 4) is 11.5 Å². The number of para-hydroxylation sites is 2. The van der Waals surface area contributed by atoms with Gasteiger partial charge in [-0.3, -0.25) is 4.79 Å². The molecule has 0 aliphatic heterocycles. The van der Waals surface area contributed by atoms with Gasteiger partial charge < -0.3 is 30.6 Å². The number of esters is 1. The highest BCUT2D eigenvalue weighted by atomic mass is 16.6. The molecule has 9 heteroatoms. The molecule has 0 saturated heterocycles. The summed E-state index contributed by atoms with van der Waals surface area (Å²) in [5.74, 6) is 0.00360. The van der Waals surface area contributed by atoms with E-state index in [-0.39, 0.29) is 18.9 Å². The molecule has 0 spiro atoms. The molecule has 0 aromatic heterocycles. The summed E-state index contributed by atoms with van der Waals surface area (Å²) in [5.41, 5.74) is 6.62. The third-order valence-electron chi connectivity index (χ3n) is 6.65. The van der Waals surface area contributed by atoms with E-state index in [9.17, 15) is 14.4 Å². The Balaban J connectivity index is 1.65. The van der Waals surface area contributed by atoms with Crippen molar-refractivity contribution in [3.05, 3.63) is 89.5 Å². The summed E-state index contributed by atoms with van der Waals surface area (Å²) >= 11 is 0. The molecule has 41 heavy (non-hydrogen) atoms. The molecule has 0 saturated carbocycles. The van der Waals surface area contributed by atoms with Crippen molar-refractivity contribution in [2.75, 3.05) is 5.32 Å². The van der Waals surface area contributed by atoms with Crippen LogP contribution in [0.1, 0.15) is 50.8 Å². The predicted octanol–water partition coefficient (Wildman–Crippen LogP) is 5.26. The number of carbonyl (C=O) groups excluding carboxylic acids is 3. The molecule has 0 heterocycles. The van der Waals surface area contributed by atoms with Crippen molar-refractivity contribution in [1.82, 2.24) is 5.32 Å².